The Morgan fingerprint density at radius 3 is 2.66 bits per heavy atom. The van der Waals surface area contributed by atoms with Crippen LogP contribution in [0.5, 0.6) is 0 Å². The maximum atomic E-state index is 12.8. The number of nitrogens with two attached hydrogens (primary N) is 1. The lowest BCUT2D eigenvalue weighted by Crippen LogP contribution is -2.42. The van der Waals surface area contributed by atoms with Crippen molar-refractivity contribution in [3.05, 3.63) is 47.3 Å². The zero-order valence-corrected chi connectivity index (χ0v) is 17.8. The van der Waals surface area contributed by atoms with Crippen LogP contribution in [0.1, 0.15) is 50.5 Å². The van der Waals surface area contributed by atoms with Gasteiger partial charge in [0, 0.05) is 24.4 Å². The quantitative estimate of drug-likeness (QED) is 0.723. The lowest BCUT2D eigenvalue weighted by atomic mass is 9.79. The zero-order chi connectivity index (χ0) is 20.3. The van der Waals surface area contributed by atoms with E-state index in [9.17, 15) is 9.59 Å². The third-order valence-electron chi connectivity index (χ3n) is 6.80. The number of hydrogen-bond donors (Lipinski definition) is 1. The van der Waals surface area contributed by atoms with Crippen LogP contribution >= 0.6 is 11.3 Å². The van der Waals surface area contributed by atoms with E-state index in [2.05, 4.69) is 23.6 Å². The van der Waals surface area contributed by atoms with Crippen LogP contribution in [0.2, 0.25) is 0 Å². The van der Waals surface area contributed by atoms with Crippen molar-refractivity contribution in [3.8, 4) is 10.4 Å². The Kier molecular flexibility index (Phi) is 6.04. The average molecular weight is 411 g/mol. The molecule has 2 amide bonds. The van der Waals surface area contributed by atoms with E-state index >= 15 is 0 Å². The molecule has 2 aromatic rings. The topological polar surface area (TPSA) is 63.4 Å². The van der Waals surface area contributed by atoms with Gasteiger partial charge >= 0.3 is 0 Å². The van der Waals surface area contributed by atoms with Crippen molar-refractivity contribution >= 4 is 23.2 Å². The van der Waals surface area contributed by atoms with Gasteiger partial charge < -0.3 is 10.6 Å². The Balaban J connectivity index is 1.47. The number of thiophene rings is 1. The van der Waals surface area contributed by atoms with Gasteiger partial charge in [0.2, 0.25) is 11.8 Å². The summed E-state index contributed by atoms with van der Waals surface area (Å²) in [5.41, 5.74) is 7.54. The fourth-order valence-corrected chi connectivity index (χ4v) is 5.80. The van der Waals surface area contributed by atoms with Crippen molar-refractivity contribution in [1.29, 1.82) is 0 Å². The standard InChI is InChI=1S/C24H30N2O2S/c25-23(28)24(16-19-8-3-4-9-20(19)21-10-5-15-29-21)13-14-26(17-24)22(27)12-11-18-6-1-2-7-18/h3-5,8-10,15,18H,1-2,6-7,11-14,16-17H2,(H2,25,28)/t24-/m1/s1. The summed E-state index contributed by atoms with van der Waals surface area (Å²) < 4.78 is 0. The smallest absolute Gasteiger partial charge is 0.225 e. The zero-order valence-electron chi connectivity index (χ0n) is 16.9. The fraction of sp³-hybridized carbons (Fsp3) is 0.500. The van der Waals surface area contributed by atoms with Crippen LogP contribution in [-0.2, 0) is 16.0 Å². The van der Waals surface area contributed by atoms with Gasteiger partial charge in [-0.2, -0.15) is 0 Å². The number of primary amides is 1. The lowest BCUT2D eigenvalue weighted by Gasteiger charge is -2.27. The first-order chi connectivity index (χ1) is 14.1. The van der Waals surface area contributed by atoms with Gasteiger partial charge in [-0.05, 0) is 47.8 Å². The van der Waals surface area contributed by atoms with E-state index in [1.807, 2.05) is 23.1 Å². The van der Waals surface area contributed by atoms with Crippen molar-refractivity contribution in [2.24, 2.45) is 17.1 Å². The Morgan fingerprint density at radius 2 is 1.93 bits per heavy atom. The number of likely N-dealkylation sites (tertiary alicyclic amines) is 1. The summed E-state index contributed by atoms with van der Waals surface area (Å²) in [7, 11) is 0. The molecular weight excluding hydrogens is 380 g/mol. The predicted molar refractivity (Wildman–Crippen MR) is 117 cm³/mol. The minimum atomic E-state index is -0.670. The van der Waals surface area contributed by atoms with Gasteiger partial charge in [0.05, 0.1) is 5.41 Å². The lowest BCUT2D eigenvalue weighted by molar-refractivity contribution is -0.132. The van der Waals surface area contributed by atoms with Crippen LogP contribution in [0, 0.1) is 11.3 Å². The molecule has 2 heterocycles. The van der Waals surface area contributed by atoms with E-state index in [1.165, 1.54) is 30.6 Å². The first-order valence-electron chi connectivity index (χ1n) is 10.8. The minimum absolute atomic E-state index is 0.187. The summed E-state index contributed by atoms with van der Waals surface area (Å²) in [6.07, 6.45) is 7.95. The highest BCUT2D eigenvalue weighted by Crippen LogP contribution is 2.38. The molecule has 1 aromatic carbocycles. The SMILES string of the molecule is NC(=O)[C@@]1(Cc2ccccc2-c2cccs2)CCN(C(=O)CCC2CCCC2)C1. The largest absolute Gasteiger partial charge is 0.369 e. The molecule has 154 valence electrons. The first-order valence-corrected chi connectivity index (χ1v) is 11.6. The molecule has 0 bridgehead atoms. The molecule has 0 unspecified atom stereocenters. The van der Waals surface area contributed by atoms with Gasteiger partial charge in [0.25, 0.3) is 0 Å². The molecule has 0 spiro atoms. The number of hydrogen-bond acceptors (Lipinski definition) is 3. The molecule has 4 rings (SSSR count). The maximum Gasteiger partial charge on any atom is 0.225 e. The van der Waals surface area contributed by atoms with Crippen LogP contribution in [0.3, 0.4) is 0 Å². The number of rotatable bonds is 7. The molecule has 0 radical (unpaired) electrons. The molecule has 1 atom stereocenters. The molecule has 2 fully saturated rings. The number of nitrogens with zero attached hydrogens (tertiary/aromatic N) is 1. The van der Waals surface area contributed by atoms with E-state index in [1.54, 1.807) is 11.3 Å². The second-order valence-corrected chi connectivity index (χ2v) is 9.66. The normalized spacial score (nSPS) is 22.3. The Labute approximate surface area is 177 Å². The van der Waals surface area contributed by atoms with Crippen molar-refractivity contribution in [2.75, 3.05) is 13.1 Å². The van der Waals surface area contributed by atoms with Crippen LogP contribution in [0.4, 0.5) is 0 Å². The summed E-state index contributed by atoms with van der Waals surface area (Å²) in [6, 6.07) is 12.4. The monoisotopic (exact) mass is 410 g/mol. The highest BCUT2D eigenvalue weighted by atomic mass is 32.1. The van der Waals surface area contributed by atoms with Gasteiger partial charge in [0.15, 0.2) is 0 Å². The van der Waals surface area contributed by atoms with Crippen molar-refractivity contribution in [3.63, 3.8) is 0 Å². The third-order valence-corrected chi connectivity index (χ3v) is 7.71. The summed E-state index contributed by atoms with van der Waals surface area (Å²) in [5.74, 6) is 0.608. The Morgan fingerprint density at radius 1 is 1.14 bits per heavy atom. The minimum Gasteiger partial charge on any atom is -0.369 e. The van der Waals surface area contributed by atoms with E-state index in [4.69, 9.17) is 5.73 Å². The molecular formula is C24H30N2O2S. The second-order valence-electron chi connectivity index (χ2n) is 8.71. The number of amides is 2. The number of carbonyl (C=O) groups excluding carboxylic acids is 2. The third kappa shape index (κ3) is 4.40. The van der Waals surface area contributed by atoms with Gasteiger partial charge in [-0.25, -0.2) is 0 Å². The van der Waals surface area contributed by atoms with E-state index in [0.717, 1.165) is 17.5 Å². The molecule has 1 aromatic heterocycles. The van der Waals surface area contributed by atoms with Gasteiger partial charge in [-0.3, -0.25) is 9.59 Å². The Bertz CT molecular complexity index is 858. The van der Waals surface area contributed by atoms with Crippen LogP contribution < -0.4 is 5.73 Å². The van der Waals surface area contributed by atoms with Crippen molar-refractivity contribution in [2.45, 2.75) is 51.4 Å². The summed E-state index contributed by atoms with van der Waals surface area (Å²) in [6.45, 7) is 1.08. The molecule has 2 aliphatic rings. The van der Waals surface area contributed by atoms with E-state index < -0.39 is 5.41 Å². The number of carbonyl (C=O) groups is 2. The van der Waals surface area contributed by atoms with Crippen molar-refractivity contribution < 1.29 is 9.59 Å². The van der Waals surface area contributed by atoms with Gasteiger partial charge in [0.1, 0.15) is 0 Å². The fourth-order valence-electron chi connectivity index (χ4n) is 5.01. The van der Waals surface area contributed by atoms with Crippen molar-refractivity contribution in [1.82, 2.24) is 4.90 Å². The second kappa shape index (κ2) is 8.70. The van der Waals surface area contributed by atoms with Gasteiger partial charge in [-0.1, -0.05) is 56.0 Å². The summed E-state index contributed by atoms with van der Waals surface area (Å²) in [4.78, 5) is 28.4. The summed E-state index contributed by atoms with van der Waals surface area (Å²) in [5, 5.41) is 2.07. The number of benzene rings is 1. The molecule has 2 N–H and O–H groups in total. The summed E-state index contributed by atoms with van der Waals surface area (Å²) >= 11 is 1.70. The van der Waals surface area contributed by atoms with Crippen LogP contribution in [0.25, 0.3) is 10.4 Å². The maximum absolute atomic E-state index is 12.8. The highest BCUT2D eigenvalue weighted by Gasteiger charge is 2.45. The van der Waals surface area contributed by atoms with Gasteiger partial charge in [-0.15, -0.1) is 11.3 Å². The molecule has 5 heteroatoms. The molecule has 4 nitrogen and oxygen atoms in total. The molecule has 1 saturated heterocycles. The first kappa shape index (κ1) is 20.1. The Hall–Kier alpha value is -2.14. The average Bonchev–Trinajstić information content (AvgIpc) is 3.48. The molecule has 1 aliphatic heterocycles. The van der Waals surface area contributed by atoms with Crippen LogP contribution in [0.15, 0.2) is 41.8 Å². The van der Waals surface area contributed by atoms with Crippen LogP contribution in [-0.4, -0.2) is 29.8 Å². The highest BCUT2D eigenvalue weighted by molar-refractivity contribution is 7.13. The van der Waals surface area contributed by atoms with E-state index in [0.29, 0.717) is 38.3 Å². The molecule has 1 aliphatic carbocycles. The predicted octanol–water partition coefficient (Wildman–Crippen LogP) is 4.63. The molecule has 29 heavy (non-hydrogen) atoms. The van der Waals surface area contributed by atoms with E-state index in [-0.39, 0.29) is 11.8 Å². The molecule has 1 saturated carbocycles.